The third-order valence-corrected chi connectivity index (χ3v) is 3.38. The second-order valence-corrected chi connectivity index (χ2v) is 6.03. The van der Waals surface area contributed by atoms with E-state index >= 15 is 0 Å². The summed E-state index contributed by atoms with van der Waals surface area (Å²) in [5, 5.41) is 0. The van der Waals surface area contributed by atoms with Gasteiger partial charge in [0.15, 0.2) is 0 Å². The summed E-state index contributed by atoms with van der Waals surface area (Å²) in [5.74, 6) is 0. The average molecular weight is 271 g/mol. The van der Waals surface area contributed by atoms with Gasteiger partial charge < -0.3 is 5.73 Å². The Morgan fingerprint density at radius 3 is 2.45 bits per heavy atom. The average Bonchev–Trinajstić information content (AvgIpc) is 2.40. The van der Waals surface area contributed by atoms with Crippen LogP contribution in [0.15, 0.2) is 47.5 Å². The van der Waals surface area contributed by atoms with Crippen LogP contribution in [0.1, 0.15) is 37.9 Å². The quantitative estimate of drug-likeness (QED) is 0.931. The minimum absolute atomic E-state index is 0.128. The summed E-state index contributed by atoms with van der Waals surface area (Å²) < 4.78 is 1.53. The van der Waals surface area contributed by atoms with Gasteiger partial charge in [-0.1, -0.05) is 45.0 Å². The Morgan fingerprint density at radius 2 is 1.90 bits per heavy atom. The van der Waals surface area contributed by atoms with Crippen molar-refractivity contribution in [2.45, 2.75) is 38.8 Å². The third-order valence-electron chi connectivity index (χ3n) is 3.38. The smallest absolute Gasteiger partial charge is 0.322 e. The van der Waals surface area contributed by atoms with Gasteiger partial charge in [0.1, 0.15) is 0 Å². The van der Waals surface area contributed by atoms with Crippen molar-refractivity contribution in [2.75, 3.05) is 0 Å². The molecule has 2 N–H and O–H groups in total. The molecule has 1 aromatic heterocycles. The Labute approximate surface area is 119 Å². The molecular weight excluding hydrogens is 250 g/mol. The lowest BCUT2D eigenvalue weighted by Gasteiger charge is -2.20. The lowest BCUT2D eigenvalue weighted by Crippen LogP contribution is -2.27. The molecule has 2 rings (SSSR count). The first-order valence-corrected chi connectivity index (χ1v) is 6.75. The van der Waals surface area contributed by atoms with Gasteiger partial charge in [-0.3, -0.25) is 4.57 Å². The predicted octanol–water partition coefficient (Wildman–Crippen LogP) is 2.24. The zero-order valence-electron chi connectivity index (χ0n) is 12.2. The first-order chi connectivity index (χ1) is 9.38. The molecular formula is C16H21N3O. The van der Waals surface area contributed by atoms with Crippen LogP contribution >= 0.6 is 0 Å². The number of hydrogen-bond acceptors (Lipinski definition) is 3. The third kappa shape index (κ3) is 3.33. The Kier molecular flexibility index (Phi) is 4.04. The van der Waals surface area contributed by atoms with E-state index in [9.17, 15) is 4.79 Å². The van der Waals surface area contributed by atoms with Gasteiger partial charge in [0.2, 0.25) is 0 Å². The van der Waals surface area contributed by atoms with Gasteiger partial charge in [-0.25, -0.2) is 9.78 Å². The molecule has 0 radical (unpaired) electrons. The van der Waals surface area contributed by atoms with E-state index in [0.29, 0.717) is 6.54 Å². The number of aromatic nitrogens is 2. The second-order valence-electron chi connectivity index (χ2n) is 6.03. The molecule has 0 aliphatic carbocycles. The molecule has 20 heavy (non-hydrogen) atoms. The normalized spacial score (nSPS) is 13.2. The fourth-order valence-corrected chi connectivity index (χ4v) is 2.07. The second kappa shape index (κ2) is 5.59. The molecule has 0 aliphatic rings. The highest BCUT2D eigenvalue weighted by atomic mass is 16.1. The van der Waals surface area contributed by atoms with Crippen molar-refractivity contribution in [1.82, 2.24) is 9.55 Å². The summed E-state index contributed by atoms with van der Waals surface area (Å²) in [7, 11) is 0. The summed E-state index contributed by atoms with van der Waals surface area (Å²) in [4.78, 5) is 15.3. The van der Waals surface area contributed by atoms with Crippen molar-refractivity contribution in [2.24, 2.45) is 5.73 Å². The molecule has 4 nitrogen and oxygen atoms in total. The van der Waals surface area contributed by atoms with Crippen LogP contribution in [0.25, 0.3) is 0 Å². The SMILES string of the molecule is CC(C)(C)c1ccc(C(N)Cn2cccnc2=O)cc1. The minimum atomic E-state index is -0.269. The van der Waals surface area contributed by atoms with E-state index in [1.54, 1.807) is 12.3 Å². The molecule has 1 unspecified atom stereocenters. The van der Waals surface area contributed by atoms with E-state index in [4.69, 9.17) is 5.73 Å². The molecule has 106 valence electrons. The number of rotatable bonds is 3. The van der Waals surface area contributed by atoms with E-state index in [1.165, 1.54) is 16.3 Å². The molecule has 0 saturated carbocycles. The van der Waals surface area contributed by atoms with Gasteiger partial charge >= 0.3 is 5.69 Å². The topological polar surface area (TPSA) is 60.9 Å². The fraction of sp³-hybridized carbons (Fsp3) is 0.375. The molecule has 0 amide bonds. The van der Waals surface area contributed by atoms with E-state index in [1.807, 2.05) is 12.1 Å². The fourth-order valence-electron chi connectivity index (χ4n) is 2.07. The molecule has 4 heteroatoms. The summed E-state index contributed by atoms with van der Waals surface area (Å²) in [6.45, 7) is 6.97. The molecule has 0 aliphatic heterocycles. The monoisotopic (exact) mass is 271 g/mol. The van der Waals surface area contributed by atoms with Gasteiger partial charge in [-0.05, 0) is 22.6 Å². The summed E-state index contributed by atoms with van der Waals surface area (Å²) in [6.07, 6.45) is 3.20. The Morgan fingerprint density at radius 1 is 1.25 bits per heavy atom. The van der Waals surface area contributed by atoms with Crippen molar-refractivity contribution in [3.8, 4) is 0 Å². The van der Waals surface area contributed by atoms with Crippen LogP contribution in [-0.4, -0.2) is 9.55 Å². The maximum absolute atomic E-state index is 11.6. The number of nitrogens with two attached hydrogens (primary N) is 1. The van der Waals surface area contributed by atoms with Gasteiger partial charge in [0, 0.05) is 25.0 Å². The van der Waals surface area contributed by atoms with Crippen LogP contribution in [-0.2, 0) is 12.0 Å². The first-order valence-electron chi connectivity index (χ1n) is 6.75. The van der Waals surface area contributed by atoms with E-state index in [0.717, 1.165) is 5.56 Å². The highest BCUT2D eigenvalue weighted by molar-refractivity contribution is 5.29. The van der Waals surface area contributed by atoms with Crippen molar-refractivity contribution in [3.05, 3.63) is 64.3 Å². The number of nitrogens with zero attached hydrogens (tertiary/aromatic N) is 2. The maximum atomic E-state index is 11.6. The highest BCUT2D eigenvalue weighted by Crippen LogP contribution is 2.23. The molecule has 1 atom stereocenters. The summed E-state index contributed by atoms with van der Waals surface area (Å²) in [5.41, 5.74) is 8.32. The van der Waals surface area contributed by atoms with Crippen LogP contribution < -0.4 is 11.4 Å². The number of benzene rings is 1. The minimum Gasteiger partial charge on any atom is -0.322 e. The first kappa shape index (κ1) is 14.5. The molecule has 2 aromatic rings. The van der Waals surface area contributed by atoms with E-state index < -0.39 is 0 Å². The van der Waals surface area contributed by atoms with Crippen LogP contribution in [0.5, 0.6) is 0 Å². The Balaban J connectivity index is 2.16. The molecule has 0 saturated heterocycles. The largest absolute Gasteiger partial charge is 0.347 e. The predicted molar refractivity (Wildman–Crippen MR) is 80.6 cm³/mol. The maximum Gasteiger partial charge on any atom is 0.347 e. The van der Waals surface area contributed by atoms with Gasteiger partial charge in [-0.2, -0.15) is 0 Å². The Hall–Kier alpha value is -1.94. The van der Waals surface area contributed by atoms with Crippen LogP contribution in [0.2, 0.25) is 0 Å². The van der Waals surface area contributed by atoms with Crippen LogP contribution in [0.3, 0.4) is 0 Å². The summed E-state index contributed by atoms with van der Waals surface area (Å²) >= 11 is 0. The van der Waals surface area contributed by atoms with Crippen molar-refractivity contribution in [1.29, 1.82) is 0 Å². The summed E-state index contributed by atoms with van der Waals surface area (Å²) in [6, 6.07) is 9.78. The van der Waals surface area contributed by atoms with Crippen molar-refractivity contribution >= 4 is 0 Å². The molecule has 1 heterocycles. The van der Waals surface area contributed by atoms with Crippen molar-refractivity contribution < 1.29 is 0 Å². The van der Waals surface area contributed by atoms with Crippen LogP contribution in [0.4, 0.5) is 0 Å². The lowest BCUT2D eigenvalue weighted by molar-refractivity contribution is 0.549. The van der Waals surface area contributed by atoms with Crippen LogP contribution in [0, 0.1) is 0 Å². The van der Waals surface area contributed by atoms with Gasteiger partial charge in [0.25, 0.3) is 0 Å². The van der Waals surface area contributed by atoms with E-state index in [-0.39, 0.29) is 17.1 Å². The lowest BCUT2D eigenvalue weighted by atomic mass is 9.86. The van der Waals surface area contributed by atoms with Crippen molar-refractivity contribution in [3.63, 3.8) is 0 Å². The molecule has 0 bridgehead atoms. The molecule has 0 fully saturated rings. The van der Waals surface area contributed by atoms with Gasteiger partial charge in [-0.15, -0.1) is 0 Å². The standard InChI is InChI=1S/C16H21N3O/c1-16(2,3)13-7-5-12(6-8-13)14(17)11-19-10-4-9-18-15(19)20/h4-10,14H,11,17H2,1-3H3. The van der Waals surface area contributed by atoms with Gasteiger partial charge in [0.05, 0.1) is 0 Å². The zero-order chi connectivity index (χ0) is 14.8. The zero-order valence-corrected chi connectivity index (χ0v) is 12.2. The Bertz CT molecular complexity index is 623. The molecule has 0 spiro atoms. The van der Waals surface area contributed by atoms with E-state index in [2.05, 4.69) is 37.9 Å². The number of hydrogen-bond donors (Lipinski definition) is 1. The highest BCUT2D eigenvalue weighted by Gasteiger charge is 2.14. The molecule has 1 aromatic carbocycles.